The summed E-state index contributed by atoms with van der Waals surface area (Å²) in [5, 5.41) is 2.90. The highest BCUT2D eigenvalue weighted by molar-refractivity contribution is 5.94. The van der Waals surface area contributed by atoms with Crippen molar-refractivity contribution in [3.05, 3.63) is 155 Å². The number of nitrogen functional groups attached to an aromatic ring is 4. The molecule has 0 atom stereocenters. The van der Waals surface area contributed by atoms with Gasteiger partial charge < -0.3 is 34.0 Å². The molecular weight excluding hydrogens is 560 g/mol. The maximum atomic E-state index is 12.2. The van der Waals surface area contributed by atoms with Crippen LogP contribution in [0.5, 0.6) is 0 Å². The van der Waals surface area contributed by atoms with E-state index in [4.69, 9.17) is 28.7 Å². The number of benzene rings is 3. The number of amides is 1. The molecule has 3 aromatic carbocycles. The van der Waals surface area contributed by atoms with Crippen molar-refractivity contribution in [3.8, 4) is 0 Å². The minimum atomic E-state index is -0.122. The predicted octanol–water partition coefficient (Wildman–Crippen LogP) is 5.38. The molecule has 45 heavy (non-hydrogen) atoms. The van der Waals surface area contributed by atoms with Crippen LogP contribution in [0.1, 0.15) is 40.0 Å². The van der Waals surface area contributed by atoms with Gasteiger partial charge in [-0.05, 0) is 69.8 Å². The van der Waals surface area contributed by atoms with Crippen LogP contribution in [0.15, 0.2) is 127 Å². The maximum Gasteiger partial charge on any atom is 0.251 e. The van der Waals surface area contributed by atoms with Crippen molar-refractivity contribution in [1.29, 1.82) is 0 Å². The molecule has 1 amide bonds. The molecule has 9 heteroatoms. The van der Waals surface area contributed by atoms with E-state index >= 15 is 0 Å². The first kappa shape index (κ1) is 33.6. The summed E-state index contributed by atoms with van der Waals surface area (Å²) in [5.74, 6) is 1.40. The Balaban J connectivity index is 0.000000256. The third kappa shape index (κ3) is 9.81. The van der Waals surface area contributed by atoms with Crippen LogP contribution in [0, 0.1) is 0 Å². The Labute approximate surface area is 264 Å². The Kier molecular flexibility index (Phi) is 12.4. The van der Waals surface area contributed by atoms with Gasteiger partial charge in [-0.25, -0.2) is 9.97 Å². The second kappa shape index (κ2) is 16.6. The summed E-state index contributed by atoms with van der Waals surface area (Å²) in [6, 6.07) is 36.1. The number of pyridine rings is 2. The zero-order chi connectivity index (χ0) is 31.3. The van der Waals surface area contributed by atoms with E-state index in [1.807, 2.05) is 91.0 Å². The average molecular weight is 601 g/mol. The molecular formula is C36H40N8O. The standard InChI is InChI=1S/C21H20N4O.C14H16N4.CH4/c22-19-13-17(14-20(23)25-19)18(15-7-3-1-4-8-15)11-12-24-21(26)16-9-5-2-6-10-16;15-7-6-12(10-4-2-1-3-5-10)11-8-13(16)18-14(17)9-11;/h1-11,13-14H,12H2,(H,24,26)(H4,22,23,25);1-6,8-9H,7,15H2,(H4,16,17,18);1H4/b18-11+;12-6+;. The first-order valence-electron chi connectivity index (χ1n) is 14.0. The molecule has 0 radical (unpaired) electrons. The summed E-state index contributed by atoms with van der Waals surface area (Å²) in [6.45, 7) is 0.826. The van der Waals surface area contributed by atoms with Gasteiger partial charge in [0.15, 0.2) is 0 Å². The van der Waals surface area contributed by atoms with Crippen molar-refractivity contribution in [1.82, 2.24) is 15.3 Å². The van der Waals surface area contributed by atoms with E-state index < -0.39 is 0 Å². The second-order valence-electron chi connectivity index (χ2n) is 9.69. The summed E-state index contributed by atoms with van der Waals surface area (Å²) < 4.78 is 0. The largest absolute Gasteiger partial charge is 0.384 e. The molecule has 0 aliphatic heterocycles. The van der Waals surface area contributed by atoms with Gasteiger partial charge in [0.25, 0.3) is 5.91 Å². The molecule has 0 saturated carbocycles. The number of nitrogens with zero attached hydrogens (tertiary/aromatic N) is 2. The van der Waals surface area contributed by atoms with Crippen molar-refractivity contribution < 1.29 is 4.79 Å². The Morgan fingerprint density at radius 2 is 0.911 bits per heavy atom. The average Bonchev–Trinajstić information content (AvgIpc) is 3.02. The molecule has 5 rings (SSSR count). The summed E-state index contributed by atoms with van der Waals surface area (Å²) >= 11 is 0. The number of carbonyl (C=O) groups is 1. The lowest BCUT2D eigenvalue weighted by atomic mass is 9.98. The fourth-order valence-electron chi connectivity index (χ4n) is 4.55. The van der Waals surface area contributed by atoms with Crippen LogP contribution in [0.4, 0.5) is 23.3 Å². The summed E-state index contributed by atoms with van der Waals surface area (Å²) in [7, 11) is 0. The smallest absolute Gasteiger partial charge is 0.251 e. The lowest BCUT2D eigenvalue weighted by Crippen LogP contribution is -2.23. The van der Waals surface area contributed by atoms with Crippen LogP contribution in [0.3, 0.4) is 0 Å². The molecule has 0 bridgehead atoms. The molecule has 9 nitrogen and oxygen atoms in total. The van der Waals surface area contributed by atoms with Gasteiger partial charge in [0, 0.05) is 18.7 Å². The highest BCUT2D eigenvalue weighted by Gasteiger charge is 2.09. The van der Waals surface area contributed by atoms with Crippen LogP contribution in [-0.4, -0.2) is 29.0 Å². The van der Waals surface area contributed by atoms with E-state index in [0.717, 1.165) is 33.4 Å². The number of nitrogens with one attached hydrogen (secondary N) is 1. The molecule has 2 heterocycles. The quantitative estimate of drug-likeness (QED) is 0.137. The fourth-order valence-corrected chi connectivity index (χ4v) is 4.55. The van der Waals surface area contributed by atoms with Gasteiger partial charge in [-0.2, -0.15) is 0 Å². The lowest BCUT2D eigenvalue weighted by molar-refractivity contribution is 0.0958. The van der Waals surface area contributed by atoms with Crippen molar-refractivity contribution in [2.45, 2.75) is 7.43 Å². The highest BCUT2D eigenvalue weighted by Crippen LogP contribution is 2.26. The van der Waals surface area contributed by atoms with Gasteiger partial charge in [0.1, 0.15) is 23.3 Å². The van der Waals surface area contributed by atoms with Crippen LogP contribution >= 0.6 is 0 Å². The molecule has 0 unspecified atom stereocenters. The van der Waals surface area contributed by atoms with Crippen LogP contribution in [-0.2, 0) is 0 Å². The van der Waals surface area contributed by atoms with Gasteiger partial charge >= 0.3 is 0 Å². The van der Waals surface area contributed by atoms with E-state index in [9.17, 15) is 4.79 Å². The Morgan fingerprint density at radius 1 is 0.556 bits per heavy atom. The predicted molar refractivity (Wildman–Crippen MR) is 188 cm³/mol. The van der Waals surface area contributed by atoms with E-state index in [2.05, 4.69) is 15.3 Å². The number of hydrogen-bond donors (Lipinski definition) is 6. The Morgan fingerprint density at radius 3 is 1.29 bits per heavy atom. The van der Waals surface area contributed by atoms with Gasteiger partial charge in [0.05, 0.1) is 0 Å². The Hall–Kier alpha value is -5.93. The minimum Gasteiger partial charge on any atom is -0.384 e. The molecule has 0 aliphatic carbocycles. The molecule has 0 saturated heterocycles. The first-order chi connectivity index (χ1) is 21.3. The molecule has 0 spiro atoms. The normalized spacial score (nSPS) is 11.0. The lowest BCUT2D eigenvalue weighted by Gasteiger charge is -2.11. The Bertz CT molecular complexity index is 1700. The van der Waals surface area contributed by atoms with Crippen molar-refractivity contribution >= 4 is 40.3 Å². The molecule has 5 aromatic rings. The number of anilines is 4. The SMILES string of the molecule is C.NC/C=C(\c1ccccc1)c1cc(N)nc(N)c1.Nc1cc(/C(=C/CNC(=O)c2ccccc2)c2ccccc2)cc(N)n1. The van der Waals surface area contributed by atoms with E-state index in [1.165, 1.54) is 0 Å². The van der Waals surface area contributed by atoms with Gasteiger partial charge in [0.2, 0.25) is 0 Å². The van der Waals surface area contributed by atoms with Gasteiger partial charge in [-0.15, -0.1) is 0 Å². The van der Waals surface area contributed by atoms with Crippen LogP contribution in [0.25, 0.3) is 11.1 Å². The summed E-state index contributed by atoms with van der Waals surface area (Å²) in [6.07, 6.45) is 3.90. The third-order valence-electron chi connectivity index (χ3n) is 6.45. The zero-order valence-electron chi connectivity index (χ0n) is 24.2. The van der Waals surface area contributed by atoms with E-state index in [-0.39, 0.29) is 13.3 Å². The molecule has 2 aromatic heterocycles. The molecule has 0 fully saturated rings. The molecule has 11 N–H and O–H groups in total. The topological polar surface area (TPSA) is 185 Å². The van der Waals surface area contributed by atoms with Crippen molar-refractivity contribution in [2.24, 2.45) is 5.73 Å². The van der Waals surface area contributed by atoms with Crippen molar-refractivity contribution in [2.75, 3.05) is 36.0 Å². The second-order valence-corrected chi connectivity index (χ2v) is 9.69. The molecule has 0 aliphatic rings. The number of nitrogens with two attached hydrogens (primary N) is 5. The van der Waals surface area contributed by atoms with Crippen LogP contribution < -0.4 is 34.0 Å². The fraction of sp³-hybridized carbons (Fsp3) is 0.0833. The van der Waals surface area contributed by atoms with Gasteiger partial charge in [-0.3, -0.25) is 4.79 Å². The first-order valence-corrected chi connectivity index (χ1v) is 14.0. The zero-order valence-corrected chi connectivity index (χ0v) is 24.2. The summed E-state index contributed by atoms with van der Waals surface area (Å²) in [5.41, 5.74) is 35.2. The monoisotopic (exact) mass is 600 g/mol. The van der Waals surface area contributed by atoms with Crippen LogP contribution in [0.2, 0.25) is 0 Å². The van der Waals surface area contributed by atoms with Crippen molar-refractivity contribution in [3.63, 3.8) is 0 Å². The number of aromatic nitrogens is 2. The molecule has 230 valence electrons. The number of carbonyl (C=O) groups excluding carboxylic acids is 1. The number of rotatable bonds is 8. The summed E-state index contributed by atoms with van der Waals surface area (Å²) in [4.78, 5) is 20.2. The van der Waals surface area contributed by atoms with E-state index in [1.54, 1.807) is 36.4 Å². The van der Waals surface area contributed by atoms with Gasteiger partial charge in [-0.1, -0.05) is 98.4 Å². The third-order valence-corrected chi connectivity index (χ3v) is 6.45. The maximum absolute atomic E-state index is 12.2. The minimum absolute atomic E-state index is 0. The number of hydrogen-bond acceptors (Lipinski definition) is 8. The highest BCUT2D eigenvalue weighted by atomic mass is 16.1. The van der Waals surface area contributed by atoms with E-state index in [0.29, 0.717) is 41.9 Å².